The standard InChI is InChI=1S/C36H38N6O3/c1-5-45-30-11-8-10-28(20-30)42-22-32(39-34(42)26-15-13-25(4)14-16-26)36(44)41-18-17-40(23-33(41)35(43)38-24(2)3)29-19-27-9-6-7-12-31(27)37-21-29/h6-16,19-22,24,33H,5,17-18,23H2,1-4H3,(H,38,43)/t33-/m1/s1. The van der Waals surface area contributed by atoms with Gasteiger partial charge in [0.2, 0.25) is 5.91 Å². The monoisotopic (exact) mass is 602 g/mol. The van der Waals surface area contributed by atoms with Crippen LogP contribution in [0.25, 0.3) is 28.0 Å². The number of hydrogen-bond donors (Lipinski definition) is 1. The van der Waals surface area contributed by atoms with Crippen LogP contribution >= 0.6 is 0 Å². The Morgan fingerprint density at radius 2 is 1.78 bits per heavy atom. The van der Waals surface area contributed by atoms with Crippen molar-refractivity contribution < 1.29 is 14.3 Å². The van der Waals surface area contributed by atoms with Gasteiger partial charge in [-0.15, -0.1) is 0 Å². The minimum atomic E-state index is -0.714. The number of para-hydroxylation sites is 1. The smallest absolute Gasteiger partial charge is 0.274 e. The number of anilines is 1. The predicted octanol–water partition coefficient (Wildman–Crippen LogP) is 5.65. The summed E-state index contributed by atoms with van der Waals surface area (Å²) in [5, 5.41) is 4.05. The summed E-state index contributed by atoms with van der Waals surface area (Å²) in [6.45, 7) is 9.61. The summed E-state index contributed by atoms with van der Waals surface area (Å²) in [4.78, 5) is 41.2. The number of ether oxygens (including phenoxy) is 1. The van der Waals surface area contributed by atoms with Gasteiger partial charge in [0, 0.05) is 48.9 Å². The second-order valence-corrected chi connectivity index (χ2v) is 11.6. The number of piperazine rings is 1. The van der Waals surface area contributed by atoms with Gasteiger partial charge in [-0.2, -0.15) is 0 Å². The molecule has 0 radical (unpaired) electrons. The van der Waals surface area contributed by atoms with Gasteiger partial charge in [0.15, 0.2) is 0 Å². The molecule has 1 aliphatic rings. The van der Waals surface area contributed by atoms with Gasteiger partial charge in [0.25, 0.3) is 5.91 Å². The molecule has 0 spiro atoms. The van der Waals surface area contributed by atoms with Crippen molar-refractivity contribution in [1.29, 1.82) is 0 Å². The lowest BCUT2D eigenvalue weighted by Gasteiger charge is -2.41. The van der Waals surface area contributed by atoms with Crippen molar-refractivity contribution in [3.63, 3.8) is 0 Å². The zero-order chi connectivity index (χ0) is 31.5. The number of aryl methyl sites for hydroxylation is 1. The lowest BCUT2D eigenvalue weighted by atomic mass is 10.1. The summed E-state index contributed by atoms with van der Waals surface area (Å²) in [5.74, 6) is 0.884. The van der Waals surface area contributed by atoms with Crippen molar-refractivity contribution in [3.05, 3.63) is 103 Å². The number of amides is 2. The summed E-state index contributed by atoms with van der Waals surface area (Å²) in [5.41, 5.74) is 4.94. The molecule has 9 heteroatoms. The molecule has 1 aliphatic heterocycles. The Labute approximate surface area is 263 Å². The molecule has 2 amide bonds. The first-order chi connectivity index (χ1) is 21.8. The molecule has 1 fully saturated rings. The lowest BCUT2D eigenvalue weighted by Crippen LogP contribution is -2.61. The first-order valence-corrected chi connectivity index (χ1v) is 15.4. The molecule has 0 saturated carbocycles. The molecule has 0 unspecified atom stereocenters. The van der Waals surface area contributed by atoms with Gasteiger partial charge in [0.1, 0.15) is 23.3 Å². The van der Waals surface area contributed by atoms with Crippen LogP contribution in [0, 0.1) is 6.92 Å². The molecule has 230 valence electrons. The third kappa shape index (κ3) is 6.38. The molecule has 2 aromatic heterocycles. The van der Waals surface area contributed by atoms with Gasteiger partial charge in [-0.05, 0) is 52.0 Å². The number of imidazole rings is 1. The van der Waals surface area contributed by atoms with E-state index in [-0.39, 0.29) is 23.6 Å². The number of fused-ring (bicyclic) bond motifs is 1. The average molecular weight is 603 g/mol. The molecule has 1 atom stereocenters. The number of carbonyl (C=O) groups excluding carboxylic acids is 2. The molecule has 3 heterocycles. The number of carbonyl (C=O) groups is 2. The molecule has 45 heavy (non-hydrogen) atoms. The Morgan fingerprint density at radius 3 is 2.56 bits per heavy atom. The normalized spacial score (nSPS) is 15.0. The quantitative estimate of drug-likeness (QED) is 0.247. The summed E-state index contributed by atoms with van der Waals surface area (Å²) in [6, 6.07) is 25.1. The average Bonchev–Trinajstić information content (AvgIpc) is 3.50. The van der Waals surface area contributed by atoms with E-state index in [0.29, 0.717) is 32.1 Å². The highest BCUT2D eigenvalue weighted by Gasteiger charge is 2.37. The molecular formula is C36H38N6O3. The minimum absolute atomic E-state index is 0.0721. The second kappa shape index (κ2) is 12.8. The van der Waals surface area contributed by atoms with Gasteiger partial charge in [-0.1, -0.05) is 54.1 Å². The van der Waals surface area contributed by atoms with Crippen molar-refractivity contribution in [2.24, 2.45) is 0 Å². The van der Waals surface area contributed by atoms with E-state index in [2.05, 4.69) is 21.3 Å². The zero-order valence-electron chi connectivity index (χ0n) is 26.1. The zero-order valence-corrected chi connectivity index (χ0v) is 26.1. The number of benzene rings is 3. The number of nitrogens with one attached hydrogen (secondary N) is 1. The third-order valence-electron chi connectivity index (χ3n) is 7.96. The summed E-state index contributed by atoms with van der Waals surface area (Å²) < 4.78 is 7.68. The van der Waals surface area contributed by atoms with Crippen LogP contribution in [0.1, 0.15) is 36.8 Å². The summed E-state index contributed by atoms with van der Waals surface area (Å²) >= 11 is 0. The Bertz CT molecular complexity index is 1830. The van der Waals surface area contributed by atoms with Crippen molar-refractivity contribution >= 4 is 28.4 Å². The van der Waals surface area contributed by atoms with Crippen LogP contribution in [0.3, 0.4) is 0 Å². The fraction of sp³-hybridized carbons (Fsp3) is 0.278. The van der Waals surface area contributed by atoms with Crippen LogP contribution in [-0.2, 0) is 4.79 Å². The molecule has 0 bridgehead atoms. The van der Waals surface area contributed by atoms with E-state index in [1.165, 1.54) is 0 Å². The fourth-order valence-corrected chi connectivity index (χ4v) is 5.72. The number of nitrogens with zero attached hydrogens (tertiary/aromatic N) is 5. The second-order valence-electron chi connectivity index (χ2n) is 11.6. The highest BCUT2D eigenvalue weighted by Crippen LogP contribution is 2.28. The van der Waals surface area contributed by atoms with Crippen molar-refractivity contribution in [1.82, 2.24) is 24.8 Å². The van der Waals surface area contributed by atoms with E-state index < -0.39 is 6.04 Å². The largest absolute Gasteiger partial charge is 0.494 e. The maximum atomic E-state index is 14.3. The SMILES string of the molecule is CCOc1cccc(-n2cc(C(=O)N3CCN(c4cnc5ccccc5c4)C[C@@H]3C(=O)NC(C)C)nc2-c2ccc(C)cc2)c1. The maximum Gasteiger partial charge on any atom is 0.274 e. The third-order valence-corrected chi connectivity index (χ3v) is 7.96. The molecule has 1 N–H and O–H groups in total. The Balaban J connectivity index is 1.35. The van der Waals surface area contributed by atoms with Crippen LogP contribution in [0.4, 0.5) is 5.69 Å². The highest BCUT2D eigenvalue weighted by molar-refractivity contribution is 5.97. The van der Waals surface area contributed by atoms with E-state index in [1.54, 1.807) is 11.1 Å². The number of hydrogen-bond acceptors (Lipinski definition) is 6. The summed E-state index contributed by atoms with van der Waals surface area (Å²) in [6.07, 6.45) is 3.60. The van der Waals surface area contributed by atoms with Crippen LogP contribution in [0.15, 0.2) is 91.3 Å². The van der Waals surface area contributed by atoms with E-state index >= 15 is 0 Å². The molecule has 3 aromatic carbocycles. The van der Waals surface area contributed by atoms with Crippen molar-refractivity contribution in [2.75, 3.05) is 31.1 Å². The Hall–Kier alpha value is -5.18. The number of pyridine rings is 1. The Kier molecular flexibility index (Phi) is 8.51. The van der Waals surface area contributed by atoms with Gasteiger partial charge >= 0.3 is 0 Å². The van der Waals surface area contributed by atoms with E-state index in [4.69, 9.17) is 9.72 Å². The van der Waals surface area contributed by atoms with Crippen LogP contribution in [-0.4, -0.2) is 69.6 Å². The minimum Gasteiger partial charge on any atom is -0.494 e. The molecule has 9 nitrogen and oxygen atoms in total. The van der Waals surface area contributed by atoms with Gasteiger partial charge < -0.3 is 19.9 Å². The number of rotatable bonds is 8. The molecule has 0 aliphatic carbocycles. The predicted molar refractivity (Wildman–Crippen MR) is 177 cm³/mol. The highest BCUT2D eigenvalue weighted by atomic mass is 16.5. The molecule has 5 aromatic rings. The van der Waals surface area contributed by atoms with E-state index in [1.807, 2.05) is 111 Å². The van der Waals surface area contributed by atoms with Crippen molar-refractivity contribution in [2.45, 2.75) is 39.8 Å². The first-order valence-electron chi connectivity index (χ1n) is 15.4. The topological polar surface area (TPSA) is 92.6 Å². The van der Waals surface area contributed by atoms with Crippen LogP contribution < -0.4 is 15.0 Å². The first kappa shape index (κ1) is 29.9. The Morgan fingerprint density at radius 1 is 0.978 bits per heavy atom. The number of aromatic nitrogens is 3. The van der Waals surface area contributed by atoms with Crippen LogP contribution in [0.5, 0.6) is 5.75 Å². The van der Waals surface area contributed by atoms with Gasteiger partial charge in [-0.25, -0.2) is 4.98 Å². The molecular weight excluding hydrogens is 564 g/mol. The molecule has 1 saturated heterocycles. The van der Waals surface area contributed by atoms with E-state index in [0.717, 1.165) is 39.2 Å². The molecule has 6 rings (SSSR count). The van der Waals surface area contributed by atoms with Gasteiger partial charge in [0.05, 0.1) is 29.7 Å². The summed E-state index contributed by atoms with van der Waals surface area (Å²) in [7, 11) is 0. The van der Waals surface area contributed by atoms with Crippen molar-refractivity contribution in [3.8, 4) is 22.8 Å². The van der Waals surface area contributed by atoms with Crippen LogP contribution in [0.2, 0.25) is 0 Å². The van der Waals surface area contributed by atoms with Gasteiger partial charge in [-0.3, -0.25) is 19.1 Å². The van der Waals surface area contributed by atoms with E-state index in [9.17, 15) is 9.59 Å². The maximum absolute atomic E-state index is 14.3. The fourth-order valence-electron chi connectivity index (χ4n) is 5.72. The lowest BCUT2D eigenvalue weighted by molar-refractivity contribution is -0.126.